The van der Waals surface area contributed by atoms with Crippen molar-refractivity contribution in [3.63, 3.8) is 0 Å². The van der Waals surface area contributed by atoms with Gasteiger partial charge in [-0.1, -0.05) is 11.2 Å². The second kappa shape index (κ2) is 6.32. The maximum absolute atomic E-state index is 5.45. The summed E-state index contributed by atoms with van der Waals surface area (Å²) in [7, 11) is 2.15. The molecule has 0 radical (unpaired) electrons. The SMILES string of the molecule is CN(c1ccccn1)C1CCN(Cc2cc(C3CC3)on2)CC1. The van der Waals surface area contributed by atoms with E-state index in [0.29, 0.717) is 12.0 Å². The van der Waals surface area contributed by atoms with E-state index in [1.807, 2.05) is 12.3 Å². The van der Waals surface area contributed by atoms with Crippen LogP contribution in [-0.2, 0) is 6.54 Å². The van der Waals surface area contributed by atoms with Crippen LogP contribution in [0.1, 0.15) is 43.1 Å². The third kappa shape index (κ3) is 3.39. The van der Waals surface area contributed by atoms with Crippen LogP contribution in [0.5, 0.6) is 0 Å². The van der Waals surface area contributed by atoms with E-state index in [2.05, 4.69) is 45.2 Å². The summed E-state index contributed by atoms with van der Waals surface area (Å²) in [5.41, 5.74) is 1.09. The number of pyridine rings is 1. The molecule has 1 saturated carbocycles. The first-order valence-electron chi connectivity index (χ1n) is 8.61. The monoisotopic (exact) mass is 312 g/mol. The molecule has 0 bridgehead atoms. The zero-order chi connectivity index (χ0) is 15.6. The van der Waals surface area contributed by atoms with Gasteiger partial charge in [-0.25, -0.2) is 4.98 Å². The Morgan fingerprint density at radius 1 is 1.22 bits per heavy atom. The van der Waals surface area contributed by atoms with Crippen molar-refractivity contribution in [2.75, 3.05) is 25.0 Å². The standard InChI is InChI=1S/C18H24N4O/c1-21(18-4-2-3-9-19-18)16-7-10-22(11-8-16)13-15-12-17(23-20-15)14-5-6-14/h2-4,9,12,14,16H,5-8,10-11,13H2,1H3. The van der Waals surface area contributed by atoms with Crippen LogP contribution in [0.4, 0.5) is 5.82 Å². The zero-order valence-corrected chi connectivity index (χ0v) is 13.7. The third-order valence-electron chi connectivity index (χ3n) is 5.06. The number of anilines is 1. The Morgan fingerprint density at radius 2 is 2.04 bits per heavy atom. The molecule has 1 aliphatic heterocycles. The van der Waals surface area contributed by atoms with Crippen molar-refractivity contribution >= 4 is 5.82 Å². The maximum Gasteiger partial charge on any atom is 0.140 e. The van der Waals surface area contributed by atoms with E-state index in [0.717, 1.165) is 36.9 Å². The number of likely N-dealkylation sites (tertiary alicyclic amines) is 1. The highest BCUT2D eigenvalue weighted by atomic mass is 16.5. The summed E-state index contributed by atoms with van der Waals surface area (Å²) in [5, 5.41) is 4.24. The van der Waals surface area contributed by atoms with E-state index in [1.165, 1.54) is 25.7 Å². The highest BCUT2D eigenvalue weighted by molar-refractivity contribution is 5.38. The first kappa shape index (κ1) is 14.7. The molecule has 2 fully saturated rings. The third-order valence-corrected chi connectivity index (χ3v) is 5.06. The van der Waals surface area contributed by atoms with Gasteiger partial charge in [0.05, 0.1) is 5.69 Å². The van der Waals surface area contributed by atoms with E-state index >= 15 is 0 Å². The molecule has 3 heterocycles. The number of hydrogen-bond acceptors (Lipinski definition) is 5. The zero-order valence-electron chi connectivity index (χ0n) is 13.7. The summed E-state index contributed by atoms with van der Waals surface area (Å²) in [5.74, 6) is 2.80. The van der Waals surface area contributed by atoms with Gasteiger partial charge in [0.2, 0.25) is 0 Å². The summed E-state index contributed by atoms with van der Waals surface area (Å²) in [6.45, 7) is 3.12. The van der Waals surface area contributed by atoms with E-state index < -0.39 is 0 Å². The Bertz CT molecular complexity index is 629. The molecule has 0 atom stereocenters. The number of nitrogens with zero attached hydrogens (tertiary/aromatic N) is 4. The largest absolute Gasteiger partial charge is 0.361 e. The van der Waals surface area contributed by atoms with Crippen molar-refractivity contribution in [3.05, 3.63) is 41.9 Å². The Labute approximate surface area is 137 Å². The van der Waals surface area contributed by atoms with Gasteiger partial charge < -0.3 is 9.42 Å². The molecule has 1 saturated heterocycles. The van der Waals surface area contributed by atoms with Crippen LogP contribution < -0.4 is 4.90 Å². The van der Waals surface area contributed by atoms with Crippen LogP contribution in [0.2, 0.25) is 0 Å². The lowest BCUT2D eigenvalue weighted by Gasteiger charge is -2.37. The highest BCUT2D eigenvalue weighted by Gasteiger charge is 2.28. The van der Waals surface area contributed by atoms with E-state index in [9.17, 15) is 0 Å². The van der Waals surface area contributed by atoms with Gasteiger partial charge >= 0.3 is 0 Å². The second-order valence-corrected chi connectivity index (χ2v) is 6.80. The number of hydrogen-bond donors (Lipinski definition) is 0. The molecule has 5 nitrogen and oxygen atoms in total. The van der Waals surface area contributed by atoms with Crippen molar-refractivity contribution in [2.24, 2.45) is 0 Å². The molecule has 2 aromatic rings. The minimum Gasteiger partial charge on any atom is -0.361 e. The second-order valence-electron chi connectivity index (χ2n) is 6.80. The lowest BCUT2D eigenvalue weighted by atomic mass is 10.0. The number of rotatable bonds is 5. The molecule has 0 aromatic carbocycles. The average molecular weight is 312 g/mol. The summed E-state index contributed by atoms with van der Waals surface area (Å²) in [4.78, 5) is 9.26. The van der Waals surface area contributed by atoms with Gasteiger partial charge in [0.1, 0.15) is 11.6 Å². The van der Waals surface area contributed by atoms with E-state index in [-0.39, 0.29) is 0 Å². The molecule has 2 aliphatic rings. The van der Waals surface area contributed by atoms with Crippen molar-refractivity contribution in [2.45, 2.75) is 44.2 Å². The van der Waals surface area contributed by atoms with Crippen LogP contribution in [0, 0.1) is 0 Å². The Hall–Kier alpha value is -1.88. The smallest absolute Gasteiger partial charge is 0.140 e. The normalized spacial score (nSPS) is 19.9. The first-order chi connectivity index (χ1) is 11.3. The predicted octanol–water partition coefficient (Wildman–Crippen LogP) is 3.05. The number of piperidine rings is 1. The van der Waals surface area contributed by atoms with E-state index in [1.54, 1.807) is 0 Å². The van der Waals surface area contributed by atoms with Gasteiger partial charge in [-0.3, -0.25) is 4.90 Å². The van der Waals surface area contributed by atoms with Crippen LogP contribution in [-0.4, -0.2) is 41.2 Å². The molecule has 0 N–H and O–H groups in total. The minimum atomic E-state index is 0.570. The maximum atomic E-state index is 5.45. The summed E-state index contributed by atoms with van der Waals surface area (Å²) in [6, 6.07) is 8.83. The van der Waals surface area contributed by atoms with Crippen molar-refractivity contribution in [1.82, 2.24) is 15.0 Å². The lowest BCUT2D eigenvalue weighted by molar-refractivity contribution is 0.198. The number of aromatic nitrogens is 2. The van der Waals surface area contributed by atoms with Crippen LogP contribution in [0.15, 0.2) is 35.0 Å². The van der Waals surface area contributed by atoms with E-state index in [4.69, 9.17) is 4.52 Å². The molecule has 0 unspecified atom stereocenters. The Morgan fingerprint density at radius 3 is 2.74 bits per heavy atom. The molecule has 2 aromatic heterocycles. The van der Waals surface area contributed by atoms with Gasteiger partial charge in [-0.15, -0.1) is 0 Å². The molecule has 122 valence electrons. The minimum absolute atomic E-state index is 0.570. The molecule has 1 aliphatic carbocycles. The Kier molecular flexibility index (Phi) is 4.04. The molecule has 23 heavy (non-hydrogen) atoms. The fourth-order valence-corrected chi connectivity index (χ4v) is 3.41. The highest BCUT2D eigenvalue weighted by Crippen LogP contribution is 2.40. The van der Waals surface area contributed by atoms with Crippen molar-refractivity contribution in [1.29, 1.82) is 0 Å². The summed E-state index contributed by atoms with van der Waals surface area (Å²) < 4.78 is 5.45. The molecule has 5 heteroatoms. The Balaban J connectivity index is 1.30. The van der Waals surface area contributed by atoms with Gasteiger partial charge in [0, 0.05) is 50.9 Å². The topological polar surface area (TPSA) is 45.4 Å². The fourth-order valence-electron chi connectivity index (χ4n) is 3.41. The van der Waals surface area contributed by atoms with Gasteiger partial charge in [0.15, 0.2) is 0 Å². The van der Waals surface area contributed by atoms with Gasteiger partial charge in [0.25, 0.3) is 0 Å². The van der Waals surface area contributed by atoms with Gasteiger partial charge in [-0.2, -0.15) is 0 Å². The molecule has 4 rings (SSSR count). The molecular formula is C18H24N4O. The fraction of sp³-hybridized carbons (Fsp3) is 0.556. The van der Waals surface area contributed by atoms with Crippen molar-refractivity contribution < 1.29 is 4.52 Å². The summed E-state index contributed by atoms with van der Waals surface area (Å²) in [6.07, 6.45) is 6.73. The molecular weight excluding hydrogens is 288 g/mol. The predicted molar refractivity (Wildman–Crippen MR) is 89.4 cm³/mol. The van der Waals surface area contributed by atoms with Gasteiger partial charge in [-0.05, 0) is 37.8 Å². The van der Waals surface area contributed by atoms with Crippen LogP contribution in [0.3, 0.4) is 0 Å². The quantitative estimate of drug-likeness (QED) is 0.849. The molecule has 0 spiro atoms. The van der Waals surface area contributed by atoms with Crippen LogP contribution >= 0.6 is 0 Å². The first-order valence-corrected chi connectivity index (χ1v) is 8.61. The average Bonchev–Trinajstić information content (AvgIpc) is 3.36. The van der Waals surface area contributed by atoms with Crippen molar-refractivity contribution in [3.8, 4) is 0 Å². The lowest BCUT2D eigenvalue weighted by Crippen LogP contribution is -2.43. The summed E-state index contributed by atoms with van der Waals surface area (Å²) >= 11 is 0. The van der Waals surface area contributed by atoms with Crippen LogP contribution in [0.25, 0.3) is 0 Å². The molecule has 0 amide bonds.